The number of benzene rings is 1. The molecule has 2 heterocycles. The van der Waals surface area contributed by atoms with Crippen LogP contribution in [0.5, 0.6) is 0 Å². The average Bonchev–Trinajstić information content (AvgIpc) is 2.83. The molecule has 0 fully saturated rings. The first-order chi connectivity index (χ1) is 9.28. The van der Waals surface area contributed by atoms with E-state index in [4.69, 9.17) is 5.84 Å². The Morgan fingerprint density at radius 3 is 2.89 bits per heavy atom. The fourth-order valence-electron chi connectivity index (χ4n) is 1.89. The van der Waals surface area contributed by atoms with E-state index in [0.29, 0.717) is 5.82 Å². The number of aromatic amines is 1. The molecule has 5 nitrogen and oxygen atoms in total. The molecule has 96 valence electrons. The minimum absolute atomic E-state index is 0.647. The molecule has 4 N–H and O–H groups in total. The SMILES string of the molecule is Cc1c(NN)ncnc1Sc1cc2ccccc2[nH]1. The summed E-state index contributed by atoms with van der Waals surface area (Å²) in [4.78, 5) is 11.7. The van der Waals surface area contributed by atoms with E-state index in [1.807, 2.05) is 19.1 Å². The quantitative estimate of drug-likeness (QED) is 0.388. The van der Waals surface area contributed by atoms with E-state index >= 15 is 0 Å². The molecule has 0 unspecified atom stereocenters. The number of rotatable bonds is 3. The van der Waals surface area contributed by atoms with Crippen LogP contribution in [0.25, 0.3) is 10.9 Å². The van der Waals surface area contributed by atoms with Crippen molar-refractivity contribution in [1.29, 1.82) is 0 Å². The minimum atomic E-state index is 0.647. The molecule has 0 aliphatic carbocycles. The second-order valence-corrected chi connectivity index (χ2v) is 5.15. The highest BCUT2D eigenvalue weighted by atomic mass is 32.2. The van der Waals surface area contributed by atoms with Crippen molar-refractivity contribution in [2.75, 3.05) is 5.43 Å². The van der Waals surface area contributed by atoms with E-state index in [0.717, 1.165) is 21.1 Å². The Bertz CT molecular complexity index is 689. The number of para-hydroxylation sites is 1. The van der Waals surface area contributed by atoms with E-state index in [2.05, 4.69) is 38.6 Å². The van der Waals surface area contributed by atoms with Crippen molar-refractivity contribution < 1.29 is 0 Å². The third-order valence-electron chi connectivity index (χ3n) is 2.89. The number of H-pyrrole nitrogens is 1. The smallest absolute Gasteiger partial charge is 0.147 e. The molecule has 0 saturated heterocycles. The van der Waals surface area contributed by atoms with Gasteiger partial charge in [0.1, 0.15) is 17.2 Å². The maximum atomic E-state index is 5.42. The van der Waals surface area contributed by atoms with Gasteiger partial charge in [-0.2, -0.15) is 0 Å². The summed E-state index contributed by atoms with van der Waals surface area (Å²) < 4.78 is 0. The highest BCUT2D eigenvalue weighted by molar-refractivity contribution is 7.99. The first kappa shape index (κ1) is 12.0. The molecule has 0 aliphatic rings. The van der Waals surface area contributed by atoms with Gasteiger partial charge in [-0.1, -0.05) is 30.0 Å². The summed E-state index contributed by atoms with van der Waals surface area (Å²) in [5.74, 6) is 6.06. The Hall–Kier alpha value is -2.05. The zero-order chi connectivity index (χ0) is 13.2. The van der Waals surface area contributed by atoms with Gasteiger partial charge in [-0.05, 0) is 19.1 Å². The van der Waals surface area contributed by atoms with Gasteiger partial charge < -0.3 is 10.4 Å². The molecular weight excluding hydrogens is 258 g/mol. The Balaban J connectivity index is 1.96. The van der Waals surface area contributed by atoms with Crippen LogP contribution in [0.15, 0.2) is 46.7 Å². The Morgan fingerprint density at radius 2 is 2.11 bits per heavy atom. The second-order valence-electron chi connectivity index (χ2n) is 4.12. The van der Waals surface area contributed by atoms with Gasteiger partial charge in [-0.25, -0.2) is 15.8 Å². The fourth-order valence-corrected chi connectivity index (χ4v) is 2.79. The van der Waals surface area contributed by atoms with Crippen LogP contribution in [0.4, 0.5) is 5.82 Å². The van der Waals surface area contributed by atoms with Crippen molar-refractivity contribution in [3.63, 3.8) is 0 Å². The van der Waals surface area contributed by atoms with Crippen molar-refractivity contribution in [2.24, 2.45) is 5.84 Å². The Labute approximate surface area is 114 Å². The number of nitrogen functional groups attached to an aromatic ring is 1. The van der Waals surface area contributed by atoms with E-state index in [9.17, 15) is 0 Å². The lowest BCUT2D eigenvalue weighted by atomic mass is 10.3. The highest BCUT2D eigenvalue weighted by Crippen LogP contribution is 2.31. The molecule has 3 aromatic rings. The van der Waals surface area contributed by atoms with E-state index in [1.54, 1.807) is 11.8 Å². The van der Waals surface area contributed by atoms with Crippen LogP contribution in [0, 0.1) is 6.92 Å². The number of anilines is 1. The summed E-state index contributed by atoms with van der Waals surface area (Å²) >= 11 is 1.57. The second kappa shape index (κ2) is 4.91. The molecule has 1 aromatic carbocycles. The van der Waals surface area contributed by atoms with Crippen LogP contribution in [-0.4, -0.2) is 15.0 Å². The largest absolute Gasteiger partial charge is 0.349 e. The lowest BCUT2D eigenvalue weighted by molar-refractivity contribution is 0.993. The van der Waals surface area contributed by atoms with Gasteiger partial charge in [0.2, 0.25) is 0 Å². The lowest BCUT2D eigenvalue weighted by Gasteiger charge is -2.06. The molecule has 0 saturated carbocycles. The van der Waals surface area contributed by atoms with Crippen molar-refractivity contribution in [1.82, 2.24) is 15.0 Å². The third kappa shape index (κ3) is 2.27. The monoisotopic (exact) mass is 271 g/mol. The van der Waals surface area contributed by atoms with Gasteiger partial charge in [-0.3, -0.25) is 0 Å². The Kier molecular flexibility index (Phi) is 3.10. The summed E-state index contributed by atoms with van der Waals surface area (Å²) in [6.07, 6.45) is 1.51. The molecule has 0 spiro atoms. The molecule has 0 aliphatic heterocycles. The number of nitrogens with two attached hydrogens (primary N) is 1. The lowest BCUT2D eigenvalue weighted by Crippen LogP contribution is -2.10. The maximum Gasteiger partial charge on any atom is 0.147 e. The molecule has 0 bridgehead atoms. The first-order valence-electron chi connectivity index (χ1n) is 5.82. The van der Waals surface area contributed by atoms with Gasteiger partial charge in [0.25, 0.3) is 0 Å². The van der Waals surface area contributed by atoms with Gasteiger partial charge in [-0.15, -0.1) is 0 Å². The standard InChI is InChI=1S/C13H13N5S/c1-8-12(18-14)15-7-16-13(8)19-11-6-9-4-2-3-5-10(9)17-11/h2-7,17H,14H2,1H3,(H,15,16,18). The van der Waals surface area contributed by atoms with Gasteiger partial charge in [0.15, 0.2) is 0 Å². The van der Waals surface area contributed by atoms with Crippen LogP contribution in [0.2, 0.25) is 0 Å². The molecule has 6 heteroatoms. The topological polar surface area (TPSA) is 79.6 Å². The number of nitrogens with zero attached hydrogens (tertiary/aromatic N) is 2. The van der Waals surface area contributed by atoms with Crippen molar-refractivity contribution >= 4 is 28.5 Å². The highest BCUT2D eigenvalue weighted by Gasteiger charge is 2.09. The van der Waals surface area contributed by atoms with Gasteiger partial charge >= 0.3 is 0 Å². The number of hydrogen-bond acceptors (Lipinski definition) is 5. The predicted octanol–water partition coefficient (Wildman–Crippen LogP) is 2.70. The van der Waals surface area contributed by atoms with Gasteiger partial charge in [0.05, 0.1) is 5.03 Å². The molecule has 3 rings (SSSR count). The number of nitrogens with one attached hydrogen (secondary N) is 2. The van der Waals surface area contributed by atoms with Crippen LogP contribution < -0.4 is 11.3 Å². The average molecular weight is 271 g/mol. The number of hydrazine groups is 1. The zero-order valence-electron chi connectivity index (χ0n) is 10.3. The minimum Gasteiger partial charge on any atom is -0.349 e. The van der Waals surface area contributed by atoms with E-state index < -0.39 is 0 Å². The summed E-state index contributed by atoms with van der Waals surface area (Å²) in [6, 6.07) is 10.3. The van der Waals surface area contributed by atoms with Crippen molar-refractivity contribution in [3.05, 3.63) is 42.2 Å². The summed E-state index contributed by atoms with van der Waals surface area (Å²) in [7, 11) is 0. The number of aromatic nitrogens is 3. The van der Waals surface area contributed by atoms with Crippen LogP contribution in [0.3, 0.4) is 0 Å². The third-order valence-corrected chi connectivity index (χ3v) is 3.93. The van der Waals surface area contributed by atoms with Crippen LogP contribution >= 0.6 is 11.8 Å². The normalized spacial score (nSPS) is 10.8. The summed E-state index contributed by atoms with van der Waals surface area (Å²) in [6.45, 7) is 1.94. The van der Waals surface area contributed by atoms with Gasteiger partial charge in [0, 0.05) is 16.5 Å². The zero-order valence-corrected chi connectivity index (χ0v) is 11.2. The van der Waals surface area contributed by atoms with Crippen LogP contribution in [-0.2, 0) is 0 Å². The van der Waals surface area contributed by atoms with E-state index in [-0.39, 0.29) is 0 Å². The summed E-state index contributed by atoms with van der Waals surface area (Å²) in [5, 5.41) is 3.12. The first-order valence-corrected chi connectivity index (χ1v) is 6.63. The Morgan fingerprint density at radius 1 is 1.26 bits per heavy atom. The van der Waals surface area contributed by atoms with Crippen LogP contribution in [0.1, 0.15) is 5.56 Å². The van der Waals surface area contributed by atoms with Crippen molar-refractivity contribution in [3.8, 4) is 0 Å². The summed E-state index contributed by atoms with van der Waals surface area (Å²) in [5.41, 5.74) is 4.63. The van der Waals surface area contributed by atoms with E-state index in [1.165, 1.54) is 11.7 Å². The molecule has 0 atom stereocenters. The molecular formula is C13H13N5S. The molecule has 2 aromatic heterocycles. The van der Waals surface area contributed by atoms with Crippen molar-refractivity contribution in [2.45, 2.75) is 17.0 Å². The number of fused-ring (bicyclic) bond motifs is 1. The molecule has 0 radical (unpaired) electrons. The maximum absolute atomic E-state index is 5.42. The molecule has 19 heavy (non-hydrogen) atoms. The predicted molar refractivity (Wildman–Crippen MR) is 77.0 cm³/mol. The number of hydrogen-bond donors (Lipinski definition) is 3. The fraction of sp³-hybridized carbons (Fsp3) is 0.0769. The molecule has 0 amide bonds.